The summed E-state index contributed by atoms with van der Waals surface area (Å²) < 4.78 is 7.35. The summed E-state index contributed by atoms with van der Waals surface area (Å²) in [5.41, 5.74) is 2.03. The Morgan fingerprint density at radius 1 is 1.15 bits per heavy atom. The van der Waals surface area contributed by atoms with E-state index in [9.17, 15) is 4.79 Å². The molecule has 5 nitrogen and oxygen atoms in total. The summed E-state index contributed by atoms with van der Waals surface area (Å²) in [4.78, 5) is 11.9. The van der Waals surface area contributed by atoms with Gasteiger partial charge in [-0.3, -0.25) is 4.79 Å². The lowest BCUT2D eigenvalue weighted by molar-refractivity contribution is -0.121. The molecule has 1 amide bonds. The molecule has 2 aromatic carbocycles. The molecule has 0 atom stereocenters. The van der Waals surface area contributed by atoms with Crippen molar-refractivity contribution in [1.82, 2.24) is 15.1 Å². The lowest BCUT2D eigenvalue weighted by atomic mass is 10.2. The van der Waals surface area contributed by atoms with Gasteiger partial charge in [-0.2, -0.15) is 5.10 Å². The zero-order chi connectivity index (χ0) is 18.2. The van der Waals surface area contributed by atoms with Crippen LogP contribution >= 0.6 is 11.6 Å². The van der Waals surface area contributed by atoms with Crippen molar-refractivity contribution in [2.24, 2.45) is 0 Å². The number of hydrogen-bond acceptors (Lipinski definition) is 3. The maximum Gasteiger partial charge on any atom is 0.220 e. The van der Waals surface area contributed by atoms with Crippen molar-refractivity contribution in [3.8, 4) is 11.4 Å². The van der Waals surface area contributed by atoms with Crippen LogP contribution in [0.4, 0.5) is 0 Å². The summed E-state index contributed by atoms with van der Waals surface area (Å²) in [7, 11) is 0. The standard InChI is InChI=1S/C20H20ClN3O2/c21-17-5-4-8-19(13-17)26-12-11-22-20(25)10-9-16-14-23-24(15-16)18-6-2-1-3-7-18/h1-8,13-15H,9-12H2,(H,22,25). The summed E-state index contributed by atoms with van der Waals surface area (Å²) in [6, 6.07) is 17.1. The normalized spacial score (nSPS) is 10.5. The summed E-state index contributed by atoms with van der Waals surface area (Å²) in [5.74, 6) is 0.687. The van der Waals surface area contributed by atoms with E-state index < -0.39 is 0 Å². The van der Waals surface area contributed by atoms with Gasteiger partial charge in [-0.05, 0) is 42.3 Å². The van der Waals surface area contributed by atoms with Crippen LogP contribution in [-0.4, -0.2) is 28.8 Å². The van der Waals surface area contributed by atoms with Crippen LogP contribution in [-0.2, 0) is 11.2 Å². The second-order valence-corrected chi connectivity index (χ2v) is 6.22. The summed E-state index contributed by atoms with van der Waals surface area (Å²) in [5, 5.41) is 7.81. The van der Waals surface area contributed by atoms with Crippen LogP contribution in [0.5, 0.6) is 5.75 Å². The van der Waals surface area contributed by atoms with Crippen molar-refractivity contribution in [1.29, 1.82) is 0 Å². The number of aromatic nitrogens is 2. The first-order valence-corrected chi connectivity index (χ1v) is 8.82. The average molecular weight is 370 g/mol. The molecule has 134 valence electrons. The fourth-order valence-corrected chi connectivity index (χ4v) is 2.65. The van der Waals surface area contributed by atoms with Crippen molar-refractivity contribution in [2.75, 3.05) is 13.2 Å². The zero-order valence-corrected chi connectivity index (χ0v) is 15.0. The highest BCUT2D eigenvalue weighted by Crippen LogP contribution is 2.16. The number of hydrogen-bond donors (Lipinski definition) is 1. The van der Waals surface area contributed by atoms with E-state index in [1.54, 1.807) is 18.3 Å². The van der Waals surface area contributed by atoms with Gasteiger partial charge >= 0.3 is 0 Å². The second kappa shape index (κ2) is 9.06. The third-order valence-corrected chi connectivity index (χ3v) is 4.02. The van der Waals surface area contributed by atoms with Crippen LogP contribution in [0, 0.1) is 0 Å². The molecule has 3 rings (SSSR count). The number of nitrogens with one attached hydrogen (secondary N) is 1. The number of benzene rings is 2. The van der Waals surface area contributed by atoms with Crippen LogP contribution < -0.4 is 10.1 Å². The van der Waals surface area contributed by atoms with E-state index in [1.807, 2.05) is 53.3 Å². The fourth-order valence-electron chi connectivity index (χ4n) is 2.47. The number of carbonyl (C=O) groups excluding carboxylic acids is 1. The van der Waals surface area contributed by atoms with E-state index in [4.69, 9.17) is 16.3 Å². The maximum absolute atomic E-state index is 11.9. The maximum atomic E-state index is 11.9. The number of ether oxygens (including phenoxy) is 1. The summed E-state index contributed by atoms with van der Waals surface area (Å²) in [6.45, 7) is 0.854. The molecule has 1 heterocycles. The Bertz CT molecular complexity index is 849. The number of carbonyl (C=O) groups is 1. The molecule has 3 aromatic rings. The summed E-state index contributed by atoms with van der Waals surface area (Å²) in [6.07, 6.45) is 4.80. The summed E-state index contributed by atoms with van der Waals surface area (Å²) >= 11 is 5.89. The lowest BCUT2D eigenvalue weighted by Crippen LogP contribution is -2.28. The Morgan fingerprint density at radius 2 is 2.00 bits per heavy atom. The van der Waals surface area contributed by atoms with Gasteiger partial charge in [0.1, 0.15) is 12.4 Å². The molecule has 0 fully saturated rings. The van der Waals surface area contributed by atoms with E-state index in [0.717, 1.165) is 11.3 Å². The predicted octanol–water partition coefficient (Wildman–Crippen LogP) is 3.65. The zero-order valence-electron chi connectivity index (χ0n) is 14.3. The van der Waals surface area contributed by atoms with Crippen LogP contribution in [0.25, 0.3) is 5.69 Å². The minimum Gasteiger partial charge on any atom is -0.492 e. The number of halogens is 1. The van der Waals surface area contributed by atoms with Crippen LogP contribution in [0.1, 0.15) is 12.0 Å². The van der Waals surface area contributed by atoms with Gasteiger partial charge in [0.05, 0.1) is 18.4 Å². The van der Waals surface area contributed by atoms with Crippen LogP contribution in [0.15, 0.2) is 67.0 Å². The van der Waals surface area contributed by atoms with Gasteiger partial charge in [0.25, 0.3) is 0 Å². The molecule has 0 radical (unpaired) electrons. The fraction of sp³-hybridized carbons (Fsp3) is 0.200. The molecule has 6 heteroatoms. The Labute approximate surface area is 157 Å². The molecule has 0 spiro atoms. The molecule has 1 aromatic heterocycles. The smallest absolute Gasteiger partial charge is 0.220 e. The van der Waals surface area contributed by atoms with Gasteiger partial charge in [-0.15, -0.1) is 0 Å². The molecular weight excluding hydrogens is 350 g/mol. The van der Waals surface area contributed by atoms with Gasteiger partial charge in [0, 0.05) is 17.6 Å². The van der Waals surface area contributed by atoms with E-state index in [-0.39, 0.29) is 5.91 Å². The first-order valence-electron chi connectivity index (χ1n) is 8.45. The Balaban J connectivity index is 1.37. The highest BCUT2D eigenvalue weighted by Gasteiger charge is 2.05. The number of para-hydroxylation sites is 1. The van der Waals surface area contributed by atoms with Crippen molar-refractivity contribution >= 4 is 17.5 Å². The molecule has 0 aliphatic rings. The Kier molecular flexibility index (Phi) is 6.28. The van der Waals surface area contributed by atoms with E-state index >= 15 is 0 Å². The second-order valence-electron chi connectivity index (χ2n) is 5.78. The van der Waals surface area contributed by atoms with Crippen molar-refractivity contribution in [2.45, 2.75) is 12.8 Å². The van der Waals surface area contributed by atoms with Crippen LogP contribution in [0.2, 0.25) is 5.02 Å². The highest BCUT2D eigenvalue weighted by atomic mass is 35.5. The molecule has 0 bridgehead atoms. The topological polar surface area (TPSA) is 56.2 Å². The molecule has 0 unspecified atom stereocenters. The Hall–Kier alpha value is -2.79. The van der Waals surface area contributed by atoms with Gasteiger partial charge in [-0.1, -0.05) is 35.9 Å². The number of aryl methyl sites for hydroxylation is 1. The third-order valence-electron chi connectivity index (χ3n) is 3.79. The first kappa shape index (κ1) is 18.0. The van der Waals surface area contributed by atoms with Gasteiger partial charge in [0.15, 0.2) is 0 Å². The molecule has 0 aliphatic carbocycles. The lowest BCUT2D eigenvalue weighted by Gasteiger charge is -2.07. The first-order chi connectivity index (χ1) is 12.7. The Morgan fingerprint density at radius 3 is 2.81 bits per heavy atom. The number of rotatable bonds is 8. The van der Waals surface area contributed by atoms with Crippen molar-refractivity contribution in [3.63, 3.8) is 0 Å². The SMILES string of the molecule is O=C(CCc1cnn(-c2ccccc2)c1)NCCOc1cccc(Cl)c1. The van der Waals surface area contributed by atoms with E-state index in [0.29, 0.717) is 36.8 Å². The van der Waals surface area contributed by atoms with E-state index in [2.05, 4.69) is 10.4 Å². The number of amides is 1. The average Bonchev–Trinajstić information content (AvgIpc) is 3.13. The monoisotopic (exact) mass is 369 g/mol. The molecule has 0 saturated heterocycles. The number of nitrogens with zero attached hydrogens (tertiary/aromatic N) is 2. The third kappa shape index (κ3) is 5.36. The van der Waals surface area contributed by atoms with Gasteiger partial charge < -0.3 is 10.1 Å². The predicted molar refractivity (Wildman–Crippen MR) is 102 cm³/mol. The van der Waals surface area contributed by atoms with Crippen molar-refractivity contribution in [3.05, 3.63) is 77.6 Å². The largest absolute Gasteiger partial charge is 0.492 e. The van der Waals surface area contributed by atoms with E-state index in [1.165, 1.54) is 0 Å². The quantitative estimate of drug-likeness (QED) is 0.616. The van der Waals surface area contributed by atoms with Gasteiger partial charge in [-0.25, -0.2) is 4.68 Å². The molecule has 0 saturated carbocycles. The minimum absolute atomic E-state index is 0.00726. The highest BCUT2D eigenvalue weighted by molar-refractivity contribution is 6.30. The molecular formula is C20H20ClN3O2. The molecule has 1 N–H and O–H groups in total. The van der Waals surface area contributed by atoms with Crippen LogP contribution in [0.3, 0.4) is 0 Å². The molecule has 26 heavy (non-hydrogen) atoms. The minimum atomic E-state index is -0.00726. The molecule has 0 aliphatic heterocycles. The van der Waals surface area contributed by atoms with Crippen molar-refractivity contribution < 1.29 is 9.53 Å². The van der Waals surface area contributed by atoms with Gasteiger partial charge in [0.2, 0.25) is 5.91 Å².